The van der Waals surface area contributed by atoms with Crippen LogP contribution in [0, 0.1) is 0 Å². The molecular weight excluding hydrogens is 672 g/mol. The summed E-state index contributed by atoms with van der Waals surface area (Å²) in [6.45, 7) is -3.97. The summed E-state index contributed by atoms with van der Waals surface area (Å²) >= 11 is 0. The lowest BCUT2D eigenvalue weighted by Crippen LogP contribution is -2.46. The van der Waals surface area contributed by atoms with Gasteiger partial charge in [-0.2, -0.15) is 0 Å². The normalized spacial score (nSPS) is 20.4. The number of hydrogen-bond donors (Lipinski definition) is 20. The van der Waals surface area contributed by atoms with Gasteiger partial charge in [0, 0.05) is 0 Å². The molecule has 0 unspecified atom stereocenters. The van der Waals surface area contributed by atoms with Crippen molar-refractivity contribution >= 4 is 24.6 Å². The third-order valence-electron chi connectivity index (χ3n) is 5.65. The molecule has 0 amide bonds. The molecule has 20 N–H and O–H groups in total. The topological polar surface area (TPSA) is 473 Å². The lowest BCUT2D eigenvalue weighted by atomic mass is 10.0. The van der Waals surface area contributed by atoms with E-state index in [2.05, 4.69) is 0 Å². The number of aliphatic hydroxyl groups excluding tert-OH is 20. The van der Waals surface area contributed by atoms with Gasteiger partial charge in [-0.05, 0) is 0 Å². The van der Waals surface area contributed by atoms with Gasteiger partial charge in [-0.15, -0.1) is 0 Å². The maximum Gasteiger partial charge on any atom is 0.189 e. The number of Topliss-reactive ketones (excluding diaryl/α,β-unsaturated/α-hetero) is 1. The number of aldehydes is 3. The van der Waals surface area contributed by atoms with Gasteiger partial charge in [0.25, 0.3) is 0 Å². The highest BCUT2D eigenvalue weighted by Crippen LogP contribution is 2.05. The van der Waals surface area contributed by atoms with E-state index in [1.54, 1.807) is 0 Å². The van der Waals surface area contributed by atoms with Crippen LogP contribution in [0.25, 0.3) is 0 Å². The van der Waals surface area contributed by atoms with Crippen LogP contribution >= 0.6 is 0 Å². The summed E-state index contributed by atoms with van der Waals surface area (Å²) in [5.41, 5.74) is 0. The van der Waals surface area contributed by atoms with Gasteiger partial charge < -0.3 is 117 Å². The van der Waals surface area contributed by atoms with Crippen molar-refractivity contribution in [2.24, 2.45) is 0 Å². The first-order valence-corrected chi connectivity index (χ1v) is 13.3. The smallest absolute Gasteiger partial charge is 0.189 e. The van der Waals surface area contributed by atoms with Crippen LogP contribution in [0.3, 0.4) is 0 Å². The molecular formula is C24H48O24. The number of carbonyl (C=O) groups is 4. The van der Waals surface area contributed by atoms with Crippen LogP contribution in [0.4, 0.5) is 0 Å². The monoisotopic (exact) mass is 720 g/mol. The Morgan fingerprint density at radius 3 is 0.750 bits per heavy atom. The highest BCUT2D eigenvalue weighted by molar-refractivity contribution is 5.84. The summed E-state index contributed by atoms with van der Waals surface area (Å²) in [5.74, 6) is -1.00. The van der Waals surface area contributed by atoms with Gasteiger partial charge in [-0.3, -0.25) is 4.79 Å². The van der Waals surface area contributed by atoms with E-state index in [9.17, 15) is 19.2 Å². The predicted molar refractivity (Wildman–Crippen MR) is 149 cm³/mol. The predicted octanol–water partition coefficient (Wildman–Crippen LogP) is -13.5. The Balaban J connectivity index is -0.000000269. The van der Waals surface area contributed by atoms with Crippen LogP contribution < -0.4 is 0 Å². The first-order chi connectivity index (χ1) is 22.2. The molecule has 0 saturated heterocycles. The zero-order valence-corrected chi connectivity index (χ0v) is 25.0. The van der Waals surface area contributed by atoms with Crippen molar-refractivity contribution < 1.29 is 121 Å². The Morgan fingerprint density at radius 2 is 0.583 bits per heavy atom. The van der Waals surface area contributed by atoms with Gasteiger partial charge in [-0.25, -0.2) is 0 Å². The van der Waals surface area contributed by atoms with E-state index in [-0.39, 0.29) is 18.9 Å². The molecule has 0 radical (unpaired) electrons. The van der Waals surface area contributed by atoms with Gasteiger partial charge in [0.05, 0.1) is 26.4 Å². The standard InChI is InChI=1S/4C6H12O6/c4*7-1-3(9)5(11)6(12)4(10)2-8/h3,5-9,11-12H,1-2H2;3*1,3-6,8-12H,2H2/t3-,5-,6-;2*3-,4+,5+,6+;3-,4-,5-,6-/m1001/s1. The van der Waals surface area contributed by atoms with E-state index < -0.39 is 130 Å². The van der Waals surface area contributed by atoms with Crippen molar-refractivity contribution in [2.75, 3.05) is 33.0 Å². The SMILES string of the molecule is O=C(CO)[C@@H](O)[C@H](O)[C@H](O)CO.O=C[C@@H](O)[C@@H](O)[C@H](O)[C@H](O)CO.O=C[C@H](O)[C@@H](O)[C@H](O)[C@H](O)CO.O=C[C@H](O)[C@@H](O)[C@H](O)[C@H](O)CO. The third kappa shape index (κ3) is 21.1. The van der Waals surface area contributed by atoms with Crippen LogP contribution in [0.5, 0.6) is 0 Å². The Hall–Kier alpha value is -2.12. The van der Waals surface area contributed by atoms with Crippen molar-refractivity contribution in [3.05, 3.63) is 0 Å². The molecule has 0 heterocycles. The molecule has 48 heavy (non-hydrogen) atoms. The van der Waals surface area contributed by atoms with E-state index >= 15 is 0 Å². The quantitative estimate of drug-likeness (QED) is 0.0519. The van der Waals surface area contributed by atoms with Gasteiger partial charge in [0.15, 0.2) is 24.6 Å². The number of carbonyl (C=O) groups excluding carboxylic acids is 4. The summed E-state index contributed by atoms with van der Waals surface area (Å²) < 4.78 is 0. The zero-order chi connectivity index (χ0) is 38.9. The molecule has 288 valence electrons. The van der Waals surface area contributed by atoms with E-state index in [0.29, 0.717) is 0 Å². The molecule has 15 atom stereocenters. The van der Waals surface area contributed by atoms with Crippen LogP contribution in [-0.2, 0) is 19.2 Å². The van der Waals surface area contributed by atoms with Crippen molar-refractivity contribution in [3.8, 4) is 0 Å². The Morgan fingerprint density at radius 1 is 0.375 bits per heavy atom. The van der Waals surface area contributed by atoms with Gasteiger partial charge in [0.1, 0.15) is 98.2 Å². The summed E-state index contributed by atoms with van der Waals surface area (Å²) in [4.78, 5) is 40.2. The van der Waals surface area contributed by atoms with E-state index in [4.69, 9.17) is 102 Å². The molecule has 0 spiro atoms. The second-order valence-corrected chi connectivity index (χ2v) is 9.38. The fourth-order valence-electron chi connectivity index (χ4n) is 2.46. The Labute approximate surface area is 271 Å². The minimum Gasteiger partial charge on any atom is -0.394 e. The molecule has 0 aromatic carbocycles. The van der Waals surface area contributed by atoms with Crippen LogP contribution in [0.15, 0.2) is 0 Å². The molecule has 0 rings (SSSR count). The number of hydrogen-bond acceptors (Lipinski definition) is 24. The fraction of sp³-hybridized carbons (Fsp3) is 0.833. The van der Waals surface area contributed by atoms with Crippen LogP contribution in [0.1, 0.15) is 0 Å². The molecule has 0 aliphatic heterocycles. The van der Waals surface area contributed by atoms with Crippen molar-refractivity contribution in [3.63, 3.8) is 0 Å². The van der Waals surface area contributed by atoms with Crippen LogP contribution in [0.2, 0.25) is 0 Å². The molecule has 0 bridgehead atoms. The second-order valence-electron chi connectivity index (χ2n) is 9.38. The highest BCUT2D eigenvalue weighted by Gasteiger charge is 2.31. The minimum absolute atomic E-state index is 0.0258. The van der Waals surface area contributed by atoms with Gasteiger partial charge in [0.2, 0.25) is 0 Å². The Bertz CT molecular complexity index is 745. The number of ketones is 1. The van der Waals surface area contributed by atoms with Crippen molar-refractivity contribution in [2.45, 2.75) is 91.6 Å². The molecule has 24 nitrogen and oxygen atoms in total. The van der Waals surface area contributed by atoms with Crippen molar-refractivity contribution in [1.29, 1.82) is 0 Å². The van der Waals surface area contributed by atoms with Crippen molar-refractivity contribution in [1.82, 2.24) is 0 Å². The average Bonchev–Trinajstić information content (AvgIpc) is 3.12. The van der Waals surface area contributed by atoms with Gasteiger partial charge in [-0.1, -0.05) is 0 Å². The number of aliphatic hydroxyl groups is 20. The largest absolute Gasteiger partial charge is 0.394 e. The zero-order valence-electron chi connectivity index (χ0n) is 25.0. The summed E-state index contributed by atoms with van der Waals surface area (Å²) in [6, 6.07) is 0. The van der Waals surface area contributed by atoms with Gasteiger partial charge >= 0.3 is 0 Å². The average molecular weight is 721 g/mol. The molecule has 0 aromatic heterocycles. The molecule has 0 aromatic rings. The minimum atomic E-state index is -1.86. The molecule has 0 aliphatic carbocycles. The second kappa shape index (κ2) is 29.8. The molecule has 0 aliphatic rings. The maximum atomic E-state index is 10.5. The first kappa shape index (κ1) is 52.7. The third-order valence-corrected chi connectivity index (χ3v) is 5.65. The lowest BCUT2D eigenvalue weighted by Gasteiger charge is -2.22. The van der Waals surface area contributed by atoms with E-state index in [1.165, 1.54) is 0 Å². The number of rotatable bonds is 20. The van der Waals surface area contributed by atoms with E-state index in [1.807, 2.05) is 0 Å². The highest BCUT2D eigenvalue weighted by atomic mass is 16.4. The Kier molecular flexibility index (Phi) is 32.7. The molecule has 0 fully saturated rings. The molecule has 0 saturated carbocycles. The first-order valence-electron chi connectivity index (χ1n) is 13.3. The maximum absolute atomic E-state index is 10.5. The summed E-state index contributed by atoms with van der Waals surface area (Å²) in [6.07, 6.45) is -25.7. The fourth-order valence-corrected chi connectivity index (χ4v) is 2.46. The summed E-state index contributed by atoms with van der Waals surface area (Å²) in [7, 11) is 0. The van der Waals surface area contributed by atoms with E-state index in [0.717, 1.165) is 0 Å². The summed E-state index contributed by atoms with van der Waals surface area (Å²) in [5, 5.41) is 174. The lowest BCUT2D eigenvalue weighted by molar-refractivity contribution is -0.142. The van der Waals surface area contributed by atoms with Crippen LogP contribution in [-0.4, -0.2) is 251 Å². The molecule has 24 heteroatoms.